The molecule has 9 heteroatoms. The van der Waals surface area contributed by atoms with Gasteiger partial charge in [0.1, 0.15) is 5.65 Å². The van der Waals surface area contributed by atoms with Crippen molar-refractivity contribution in [2.24, 2.45) is 0 Å². The van der Waals surface area contributed by atoms with Crippen molar-refractivity contribution in [1.29, 1.82) is 0 Å². The average molecular weight is 391 g/mol. The summed E-state index contributed by atoms with van der Waals surface area (Å²) >= 11 is 0. The number of aromatic nitrogens is 2. The van der Waals surface area contributed by atoms with Crippen molar-refractivity contribution < 1.29 is 27.5 Å². The number of anilines is 1. The van der Waals surface area contributed by atoms with Gasteiger partial charge in [-0.3, -0.25) is 4.79 Å². The van der Waals surface area contributed by atoms with Crippen LogP contribution in [0.15, 0.2) is 48.7 Å². The molecule has 1 amide bonds. The lowest BCUT2D eigenvalue weighted by molar-refractivity contribution is -0.137. The van der Waals surface area contributed by atoms with Crippen molar-refractivity contribution in [2.75, 3.05) is 5.32 Å². The molecule has 0 saturated heterocycles. The third-order valence-corrected chi connectivity index (χ3v) is 4.05. The minimum Gasteiger partial charge on any atom is -0.448 e. The van der Waals surface area contributed by atoms with Gasteiger partial charge in [0, 0.05) is 11.9 Å². The second-order valence-corrected chi connectivity index (χ2v) is 6.10. The normalized spacial score (nSPS) is 12.6. The van der Waals surface area contributed by atoms with Gasteiger partial charge in [0.2, 0.25) is 0 Å². The molecule has 0 aliphatic rings. The van der Waals surface area contributed by atoms with Crippen LogP contribution in [0.4, 0.5) is 18.9 Å². The van der Waals surface area contributed by atoms with E-state index in [1.54, 1.807) is 16.5 Å². The number of rotatable bonds is 4. The predicted molar refractivity (Wildman–Crippen MR) is 94.9 cm³/mol. The number of hydrogen-bond donors (Lipinski definition) is 1. The maximum Gasteiger partial charge on any atom is 0.418 e. The highest BCUT2D eigenvalue weighted by atomic mass is 19.4. The number of pyridine rings is 1. The molecule has 0 saturated carbocycles. The van der Waals surface area contributed by atoms with E-state index in [0.29, 0.717) is 5.65 Å². The zero-order chi connectivity index (χ0) is 20.5. The van der Waals surface area contributed by atoms with Crippen LogP contribution in [0.2, 0.25) is 0 Å². The van der Waals surface area contributed by atoms with E-state index in [1.165, 1.54) is 25.3 Å². The topological polar surface area (TPSA) is 72.7 Å². The van der Waals surface area contributed by atoms with Gasteiger partial charge in [0.15, 0.2) is 11.8 Å². The number of fused-ring (bicyclic) bond motifs is 1. The molecule has 3 aromatic rings. The second-order valence-electron chi connectivity index (χ2n) is 6.10. The van der Waals surface area contributed by atoms with E-state index in [-0.39, 0.29) is 5.69 Å². The lowest BCUT2D eigenvalue weighted by Gasteiger charge is -2.16. The zero-order valence-corrected chi connectivity index (χ0v) is 14.9. The number of esters is 1. The number of halogens is 3. The largest absolute Gasteiger partial charge is 0.448 e. The Labute approximate surface area is 157 Å². The van der Waals surface area contributed by atoms with Crippen LogP contribution >= 0.6 is 0 Å². The van der Waals surface area contributed by atoms with Crippen molar-refractivity contribution in [3.8, 4) is 0 Å². The number of alkyl halides is 3. The number of imidazole rings is 1. The van der Waals surface area contributed by atoms with Crippen LogP contribution < -0.4 is 5.32 Å². The number of nitrogens with zero attached hydrogens (tertiary/aromatic N) is 2. The summed E-state index contributed by atoms with van der Waals surface area (Å²) in [7, 11) is 0. The zero-order valence-electron chi connectivity index (χ0n) is 14.9. The molecule has 28 heavy (non-hydrogen) atoms. The van der Waals surface area contributed by atoms with Gasteiger partial charge in [-0.15, -0.1) is 0 Å². The molecule has 0 aliphatic carbocycles. The quantitative estimate of drug-likeness (QED) is 0.686. The van der Waals surface area contributed by atoms with E-state index >= 15 is 0 Å². The first-order valence-corrected chi connectivity index (χ1v) is 8.29. The van der Waals surface area contributed by atoms with E-state index in [1.807, 2.05) is 13.0 Å². The van der Waals surface area contributed by atoms with Crippen LogP contribution in [0.3, 0.4) is 0 Å². The van der Waals surface area contributed by atoms with Crippen molar-refractivity contribution in [2.45, 2.75) is 26.1 Å². The highest BCUT2D eigenvalue weighted by Crippen LogP contribution is 2.34. The summed E-state index contributed by atoms with van der Waals surface area (Å²) in [4.78, 5) is 28.6. The van der Waals surface area contributed by atoms with Gasteiger partial charge in [-0.2, -0.15) is 13.2 Å². The number of aryl methyl sites for hydroxylation is 1. The fourth-order valence-corrected chi connectivity index (χ4v) is 2.59. The molecule has 3 rings (SSSR count). The molecule has 2 aromatic heterocycles. The molecule has 0 fully saturated rings. The molecule has 0 unspecified atom stereocenters. The van der Waals surface area contributed by atoms with Crippen LogP contribution in [0, 0.1) is 6.92 Å². The molecule has 146 valence electrons. The summed E-state index contributed by atoms with van der Waals surface area (Å²) in [6.07, 6.45) is -4.48. The Bertz CT molecular complexity index is 1040. The Hall–Kier alpha value is -3.36. The van der Waals surface area contributed by atoms with Crippen molar-refractivity contribution in [3.05, 3.63) is 65.6 Å². The summed E-state index contributed by atoms with van der Waals surface area (Å²) in [6.45, 7) is 3.10. The van der Waals surface area contributed by atoms with Gasteiger partial charge in [-0.25, -0.2) is 9.78 Å². The molecule has 6 nitrogen and oxygen atoms in total. The van der Waals surface area contributed by atoms with Crippen LogP contribution in [0.1, 0.15) is 28.7 Å². The summed E-state index contributed by atoms with van der Waals surface area (Å²) in [5.74, 6) is -1.74. The van der Waals surface area contributed by atoms with Gasteiger partial charge in [0.25, 0.3) is 5.91 Å². The van der Waals surface area contributed by atoms with Crippen molar-refractivity contribution in [1.82, 2.24) is 9.38 Å². The molecule has 1 aromatic carbocycles. The average Bonchev–Trinajstić information content (AvgIpc) is 3.07. The number of ether oxygens (including phenoxy) is 1. The predicted octanol–water partition coefficient (Wildman–Crippen LogP) is 3.85. The number of carbonyl (C=O) groups excluding carboxylic acids is 2. The fourth-order valence-electron chi connectivity index (χ4n) is 2.59. The lowest BCUT2D eigenvalue weighted by Crippen LogP contribution is -2.30. The van der Waals surface area contributed by atoms with E-state index in [4.69, 9.17) is 4.74 Å². The van der Waals surface area contributed by atoms with E-state index in [0.717, 1.165) is 17.8 Å². The molecule has 1 N–H and O–H groups in total. The number of carbonyl (C=O) groups is 2. The van der Waals surface area contributed by atoms with E-state index < -0.39 is 35.4 Å². The Morgan fingerprint density at radius 1 is 1.14 bits per heavy atom. The minimum absolute atomic E-state index is 0.00959. The highest BCUT2D eigenvalue weighted by Gasteiger charge is 2.34. The summed E-state index contributed by atoms with van der Waals surface area (Å²) in [5, 5.41) is 2.15. The van der Waals surface area contributed by atoms with Crippen molar-refractivity contribution >= 4 is 23.2 Å². The first kappa shape index (κ1) is 19.4. The Balaban J connectivity index is 1.72. The molecular weight excluding hydrogens is 375 g/mol. The summed E-state index contributed by atoms with van der Waals surface area (Å²) in [6, 6.07) is 9.87. The van der Waals surface area contributed by atoms with E-state index in [9.17, 15) is 22.8 Å². The van der Waals surface area contributed by atoms with Crippen LogP contribution in [0.25, 0.3) is 5.65 Å². The van der Waals surface area contributed by atoms with Gasteiger partial charge < -0.3 is 14.5 Å². The maximum absolute atomic E-state index is 13.0. The van der Waals surface area contributed by atoms with Gasteiger partial charge in [-0.05, 0) is 38.1 Å². The van der Waals surface area contributed by atoms with Crippen LogP contribution in [-0.4, -0.2) is 27.4 Å². The summed E-state index contributed by atoms with van der Waals surface area (Å²) in [5.41, 5.74) is -0.0321. The highest BCUT2D eigenvalue weighted by molar-refractivity contribution is 5.97. The Kier molecular flexibility index (Phi) is 5.08. The first-order valence-electron chi connectivity index (χ1n) is 8.29. The number of benzene rings is 1. The van der Waals surface area contributed by atoms with Crippen LogP contribution in [-0.2, 0) is 15.7 Å². The maximum atomic E-state index is 13.0. The lowest BCUT2D eigenvalue weighted by atomic mass is 10.1. The van der Waals surface area contributed by atoms with Gasteiger partial charge in [-0.1, -0.05) is 18.2 Å². The molecule has 0 bridgehead atoms. The third-order valence-electron chi connectivity index (χ3n) is 4.05. The van der Waals surface area contributed by atoms with Crippen LogP contribution in [0.5, 0.6) is 0 Å². The number of para-hydroxylation sites is 1. The van der Waals surface area contributed by atoms with Crippen molar-refractivity contribution in [3.63, 3.8) is 0 Å². The minimum atomic E-state index is -4.63. The number of amides is 1. The summed E-state index contributed by atoms with van der Waals surface area (Å²) < 4.78 is 45.8. The molecule has 0 radical (unpaired) electrons. The third kappa shape index (κ3) is 3.98. The Morgan fingerprint density at radius 2 is 1.86 bits per heavy atom. The standard InChI is InChI=1S/C19H16F3N3O3/c1-11-6-5-9-16-23-15(10-25(11)16)18(27)28-12(2)17(26)24-14-8-4-3-7-13(14)19(20,21)22/h3-10,12H,1-2H3,(H,24,26)/t12-/m0/s1. The number of hydrogen-bond acceptors (Lipinski definition) is 4. The molecular formula is C19H16F3N3O3. The van der Waals surface area contributed by atoms with Gasteiger partial charge >= 0.3 is 12.1 Å². The first-order chi connectivity index (χ1) is 13.2. The van der Waals surface area contributed by atoms with Gasteiger partial charge in [0.05, 0.1) is 11.3 Å². The van der Waals surface area contributed by atoms with E-state index in [2.05, 4.69) is 10.3 Å². The second kappa shape index (κ2) is 7.34. The molecule has 0 aliphatic heterocycles. The SMILES string of the molecule is Cc1cccc2nc(C(=O)O[C@@H](C)C(=O)Nc3ccccc3C(F)(F)F)cn12. The number of nitrogens with one attached hydrogen (secondary N) is 1. The fraction of sp³-hybridized carbons (Fsp3) is 0.211. The smallest absolute Gasteiger partial charge is 0.418 e. The monoisotopic (exact) mass is 391 g/mol. The Morgan fingerprint density at radius 3 is 2.54 bits per heavy atom. The molecule has 2 heterocycles. The molecule has 1 atom stereocenters. The molecule has 0 spiro atoms.